The molecule has 0 atom stereocenters. The molecular formula is C15H18N2O. The van der Waals surface area contributed by atoms with E-state index < -0.39 is 0 Å². The van der Waals surface area contributed by atoms with Crippen LogP contribution in [0.15, 0.2) is 30.6 Å². The summed E-state index contributed by atoms with van der Waals surface area (Å²) in [6.45, 7) is 4.62. The van der Waals surface area contributed by atoms with Crippen molar-refractivity contribution in [2.45, 2.75) is 20.4 Å². The molecule has 0 fully saturated rings. The van der Waals surface area contributed by atoms with Gasteiger partial charge in [-0.15, -0.1) is 0 Å². The molecule has 0 bridgehead atoms. The molecule has 1 aromatic carbocycles. The summed E-state index contributed by atoms with van der Waals surface area (Å²) in [6.07, 6.45) is 3.63. The zero-order valence-electron chi connectivity index (χ0n) is 11.0. The minimum absolute atomic E-state index is 0.494. The molecule has 3 nitrogen and oxygen atoms in total. The molecular weight excluding hydrogens is 224 g/mol. The van der Waals surface area contributed by atoms with Crippen LogP contribution in [0.3, 0.4) is 0 Å². The van der Waals surface area contributed by atoms with Crippen LogP contribution in [0.4, 0.5) is 0 Å². The number of methoxy groups -OCH3 is 1. The second-order valence-electron chi connectivity index (χ2n) is 4.37. The highest BCUT2D eigenvalue weighted by molar-refractivity contribution is 5.72. The molecule has 2 aromatic rings. The second kappa shape index (κ2) is 5.19. The van der Waals surface area contributed by atoms with Crippen molar-refractivity contribution in [2.75, 3.05) is 7.11 Å². The number of hydrogen-bond donors (Lipinski definition) is 1. The van der Waals surface area contributed by atoms with Crippen LogP contribution in [0.5, 0.6) is 5.75 Å². The smallest absolute Gasteiger partial charge is 0.122 e. The topological polar surface area (TPSA) is 48.1 Å². The number of ether oxygens (including phenoxy) is 1. The highest BCUT2D eigenvalue weighted by Gasteiger charge is 2.09. The molecule has 0 spiro atoms. The predicted octanol–water partition coefficient (Wildman–Crippen LogP) is 2.83. The molecule has 2 N–H and O–H groups in total. The van der Waals surface area contributed by atoms with Crippen LogP contribution in [0, 0.1) is 13.8 Å². The monoisotopic (exact) mass is 242 g/mol. The van der Waals surface area contributed by atoms with Crippen LogP contribution >= 0.6 is 0 Å². The average Bonchev–Trinajstić information content (AvgIpc) is 2.41. The van der Waals surface area contributed by atoms with Crippen LogP contribution in [-0.2, 0) is 6.54 Å². The van der Waals surface area contributed by atoms with Gasteiger partial charge >= 0.3 is 0 Å². The summed E-state index contributed by atoms with van der Waals surface area (Å²) in [5.74, 6) is 0.916. The third kappa shape index (κ3) is 2.22. The first kappa shape index (κ1) is 12.6. The Kier molecular flexibility index (Phi) is 3.63. The van der Waals surface area contributed by atoms with Gasteiger partial charge in [-0.1, -0.05) is 0 Å². The predicted molar refractivity (Wildman–Crippen MR) is 73.6 cm³/mol. The summed E-state index contributed by atoms with van der Waals surface area (Å²) in [7, 11) is 1.69. The summed E-state index contributed by atoms with van der Waals surface area (Å²) >= 11 is 0. The van der Waals surface area contributed by atoms with Gasteiger partial charge in [0.25, 0.3) is 0 Å². The van der Waals surface area contributed by atoms with Crippen molar-refractivity contribution in [3.63, 3.8) is 0 Å². The molecule has 0 amide bonds. The van der Waals surface area contributed by atoms with Crippen molar-refractivity contribution in [3.8, 4) is 16.9 Å². The zero-order chi connectivity index (χ0) is 13.1. The van der Waals surface area contributed by atoms with Gasteiger partial charge in [0.2, 0.25) is 0 Å². The number of nitrogens with zero attached hydrogens (tertiary/aromatic N) is 1. The Hall–Kier alpha value is -1.87. The Morgan fingerprint density at radius 2 is 1.94 bits per heavy atom. The van der Waals surface area contributed by atoms with E-state index in [4.69, 9.17) is 10.5 Å². The van der Waals surface area contributed by atoms with E-state index in [-0.39, 0.29) is 0 Å². The lowest BCUT2D eigenvalue weighted by Crippen LogP contribution is -2.01. The van der Waals surface area contributed by atoms with Crippen LogP contribution in [-0.4, -0.2) is 12.1 Å². The Morgan fingerprint density at radius 1 is 1.17 bits per heavy atom. The molecule has 0 saturated carbocycles. The number of rotatable bonds is 3. The van der Waals surface area contributed by atoms with Crippen molar-refractivity contribution >= 4 is 0 Å². The van der Waals surface area contributed by atoms with Crippen molar-refractivity contribution < 1.29 is 4.74 Å². The maximum atomic E-state index is 5.77. The van der Waals surface area contributed by atoms with Crippen LogP contribution in [0.25, 0.3) is 11.1 Å². The third-order valence-corrected chi connectivity index (χ3v) is 3.16. The fraction of sp³-hybridized carbons (Fsp3) is 0.267. The van der Waals surface area contributed by atoms with E-state index in [9.17, 15) is 0 Å². The molecule has 0 saturated heterocycles. The standard InChI is InChI=1S/C15H18N2O/c1-10-7-15(18-3)11(2)6-14(10)13-4-5-17-9-12(13)8-16/h4-7,9H,8,16H2,1-3H3. The fourth-order valence-corrected chi connectivity index (χ4v) is 2.15. The van der Waals surface area contributed by atoms with Crippen LogP contribution in [0.2, 0.25) is 0 Å². The first-order valence-corrected chi connectivity index (χ1v) is 5.96. The van der Waals surface area contributed by atoms with E-state index in [1.54, 1.807) is 13.3 Å². The third-order valence-electron chi connectivity index (χ3n) is 3.16. The SMILES string of the molecule is COc1cc(C)c(-c2ccncc2CN)cc1C. The van der Waals surface area contributed by atoms with E-state index in [1.807, 2.05) is 19.2 Å². The maximum absolute atomic E-state index is 5.77. The number of aromatic nitrogens is 1. The first-order chi connectivity index (χ1) is 8.67. The lowest BCUT2D eigenvalue weighted by Gasteiger charge is -2.13. The minimum Gasteiger partial charge on any atom is -0.496 e. The summed E-state index contributed by atoms with van der Waals surface area (Å²) in [5.41, 5.74) is 11.5. The Bertz CT molecular complexity index is 564. The average molecular weight is 242 g/mol. The van der Waals surface area contributed by atoms with Gasteiger partial charge in [0.05, 0.1) is 7.11 Å². The summed E-state index contributed by atoms with van der Waals surface area (Å²) < 4.78 is 5.34. The largest absolute Gasteiger partial charge is 0.496 e. The van der Waals surface area contributed by atoms with Gasteiger partial charge in [0.1, 0.15) is 5.75 Å². The second-order valence-corrected chi connectivity index (χ2v) is 4.37. The molecule has 0 aliphatic rings. The van der Waals surface area contributed by atoms with Gasteiger partial charge < -0.3 is 10.5 Å². The van der Waals surface area contributed by atoms with E-state index in [2.05, 4.69) is 24.0 Å². The molecule has 1 aromatic heterocycles. The van der Waals surface area contributed by atoms with E-state index >= 15 is 0 Å². The van der Waals surface area contributed by atoms with Crippen molar-refractivity contribution in [2.24, 2.45) is 5.73 Å². The van der Waals surface area contributed by atoms with E-state index in [1.165, 1.54) is 11.1 Å². The Balaban J connectivity index is 2.61. The van der Waals surface area contributed by atoms with Crippen molar-refractivity contribution in [1.82, 2.24) is 4.98 Å². The van der Waals surface area contributed by atoms with Gasteiger partial charge in [-0.25, -0.2) is 0 Å². The van der Waals surface area contributed by atoms with Crippen molar-refractivity contribution in [3.05, 3.63) is 47.3 Å². The molecule has 2 rings (SSSR count). The molecule has 0 aliphatic carbocycles. The number of nitrogens with two attached hydrogens (primary N) is 1. The van der Waals surface area contributed by atoms with E-state index in [0.29, 0.717) is 6.54 Å². The van der Waals surface area contributed by atoms with Gasteiger partial charge in [-0.3, -0.25) is 4.98 Å². The lowest BCUT2D eigenvalue weighted by atomic mass is 9.95. The highest BCUT2D eigenvalue weighted by atomic mass is 16.5. The van der Waals surface area contributed by atoms with Gasteiger partial charge in [0, 0.05) is 18.9 Å². The lowest BCUT2D eigenvalue weighted by molar-refractivity contribution is 0.411. The molecule has 0 unspecified atom stereocenters. The first-order valence-electron chi connectivity index (χ1n) is 5.96. The number of benzene rings is 1. The zero-order valence-corrected chi connectivity index (χ0v) is 11.0. The number of aryl methyl sites for hydroxylation is 2. The normalized spacial score (nSPS) is 10.4. The van der Waals surface area contributed by atoms with E-state index in [0.717, 1.165) is 22.4 Å². The highest BCUT2D eigenvalue weighted by Crippen LogP contribution is 2.31. The molecule has 18 heavy (non-hydrogen) atoms. The number of pyridine rings is 1. The van der Waals surface area contributed by atoms with Crippen LogP contribution < -0.4 is 10.5 Å². The Morgan fingerprint density at radius 3 is 2.61 bits per heavy atom. The molecule has 94 valence electrons. The maximum Gasteiger partial charge on any atom is 0.122 e. The summed E-state index contributed by atoms with van der Waals surface area (Å²) in [4.78, 5) is 4.12. The fourth-order valence-electron chi connectivity index (χ4n) is 2.15. The van der Waals surface area contributed by atoms with Gasteiger partial charge in [-0.05, 0) is 59.9 Å². The number of hydrogen-bond acceptors (Lipinski definition) is 3. The summed E-state index contributed by atoms with van der Waals surface area (Å²) in [5, 5.41) is 0. The minimum atomic E-state index is 0.494. The van der Waals surface area contributed by atoms with Gasteiger partial charge in [-0.2, -0.15) is 0 Å². The molecule has 1 heterocycles. The van der Waals surface area contributed by atoms with Crippen LogP contribution in [0.1, 0.15) is 16.7 Å². The summed E-state index contributed by atoms with van der Waals surface area (Å²) in [6, 6.07) is 6.21. The quantitative estimate of drug-likeness (QED) is 0.900. The van der Waals surface area contributed by atoms with Crippen molar-refractivity contribution in [1.29, 1.82) is 0 Å². The molecule has 0 radical (unpaired) electrons. The molecule has 3 heteroatoms. The van der Waals surface area contributed by atoms with Gasteiger partial charge in [0.15, 0.2) is 0 Å². The molecule has 0 aliphatic heterocycles. The Labute approximate surface area is 108 Å².